The van der Waals surface area contributed by atoms with Crippen LogP contribution in [0.4, 0.5) is 0 Å². The summed E-state index contributed by atoms with van der Waals surface area (Å²) in [6.07, 6.45) is 1.79. The maximum Gasteiger partial charge on any atom is 0.267 e. The molecule has 118 valence electrons. The molecule has 5 nitrogen and oxygen atoms in total. The van der Waals surface area contributed by atoms with Crippen molar-refractivity contribution in [2.24, 2.45) is 5.73 Å². The van der Waals surface area contributed by atoms with E-state index in [0.29, 0.717) is 12.2 Å². The smallest absolute Gasteiger partial charge is 0.267 e. The summed E-state index contributed by atoms with van der Waals surface area (Å²) in [5.74, 6) is -0.156. The third kappa shape index (κ3) is 5.67. The lowest BCUT2D eigenvalue weighted by Crippen LogP contribution is -2.45. The Bertz CT molecular complexity index is 589. The van der Waals surface area contributed by atoms with Crippen molar-refractivity contribution in [3.05, 3.63) is 28.3 Å². The number of aryl methyl sites for hydroxylation is 1. The molecule has 2 heterocycles. The Kier molecular flexibility index (Phi) is 7.39. The molecule has 21 heavy (non-hydrogen) atoms. The lowest BCUT2D eigenvalue weighted by molar-refractivity contribution is 0.0941. The van der Waals surface area contributed by atoms with Gasteiger partial charge in [-0.2, -0.15) is 0 Å². The van der Waals surface area contributed by atoms with Crippen molar-refractivity contribution in [3.8, 4) is 11.3 Å². The molecular weight excluding hydrogens is 331 g/mol. The van der Waals surface area contributed by atoms with Crippen LogP contribution in [0.1, 0.15) is 29.3 Å². The highest BCUT2D eigenvalue weighted by molar-refractivity contribution is 7.09. The first-order valence-electron chi connectivity index (χ1n) is 6.03. The summed E-state index contributed by atoms with van der Waals surface area (Å²) in [7, 11) is 0. The summed E-state index contributed by atoms with van der Waals surface area (Å²) in [5.41, 5.74) is 7.73. The second kappa shape index (κ2) is 7.79. The lowest BCUT2D eigenvalue weighted by atomic mass is 10.1. The highest BCUT2D eigenvalue weighted by atomic mass is 35.5. The number of nitrogens with zero attached hydrogens (tertiary/aromatic N) is 1. The van der Waals surface area contributed by atoms with Crippen molar-refractivity contribution >= 4 is 42.1 Å². The molecule has 2 aromatic rings. The Labute approximate surface area is 140 Å². The van der Waals surface area contributed by atoms with Gasteiger partial charge in [0, 0.05) is 29.2 Å². The van der Waals surface area contributed by atoms with E-state index in [4.69, 9.17) is 5.73 Å². The van der Waals surface area contributed by atoms with Gasteiger partial charge in [0.25, 0.3) is 5.91 Å². The Hall–Kier alpha value is -1.08. The number of aromatic amines is 1. The van der Waals surface area contributed by atoms with Crippen molar-refractivity contribution in [3.63, 3.8) is 0 Å². The van der Waals surface area contributed by atoms with E-state index in [2.05, 4.69) is 15.3 Å². The summed E-state index contributed by atoms with van der Waals surface area (Å²) < 4.78 is 0. The number of thiazole rings is 1. The van der Waals surface area contributed by atoms with Gasteiger partial charge < -0.3 is 16.0 Å². The summed E-state index contributed by atoms with van der Waals surface area (Å²) in [4.78, 5) is 19.3. The van der Waals surface area contributed by atoms with Gasteiger partial charge in [0.15, 0.2) is 0 Å². The number of nitrogens with two attached hydrogens (primary N) is 1. The zero-order valence-electron chi connectivity index (χ0n) is 12.1. The minimum absolute atomic E-state index is 0. The van der Waals surface area contributed by atoms with Crippen molar-refractivity contribution in [1.82, 2.24) is 15.3 Å². The zero-order chi connectivity index (χ0) is 14.0. The first-order chi connectivity index (χ1) is 8.85. The van der Waals surface area contributed by atoms with E-state index in [1.807, 2.05) is 26.2 Å². The van der Waals surface area contributed by atoms with Gasteiger partial charge in [-0.25, -0.2) is 4.98 Å². The molecule has 0 spiro atoms. The van der Waals surface area contributed by atoms with Crippen LogP contribution < -0.4 is 11.1 Å². The Morgan fingerprint density at radius 1 is 1.48 bits per heavy atom. The first kappa shape index (κ1) is 19.9. The predicted molar refractivity (Wildman–Crippen MR) is 91.7 cm³/mol. The van der Waals surface area contributed by atoms with Crippen LogP contribution in [-0.4, -0.2) is 28.0 Å². The third-order valence-electron chi connectivity index (χ3n) is 2.55. The van der Waals surface area contributed by atoms with Gasteiger partial charge in [-0.3, -0.25) is 4.79 Å². The van der Waals surface area contributed by atoms with Crippen LogP contribution in [0.25, 0.3) is 11.3 Å². The van der Waals surface area contributed by atoms with E-state index < -0.39 is 5.54 Å². The molecule has 0 aromatic carbocycles. The molecule has 8 heteroatoms. The zero-order valence-corrected chi connectivity index (χ0v) is 14.5. The number of carbonyl (C=O) groups excluding carboxylic acids is 1. The van der Waals surface area contributed by atoms with E-state index in [-0.39, 0.29) is 30.7 Å². The molecule has 2 rings (SSSR count). The molecule has 0 bridgehead atoms. The molecule has 0 atom stereocenters. The number of H-pyrrole nitrogens is 1. The van der Waals surface area contributed by atoms with E-state index >= 15 is 0 Å². The molecule has 0 fully saturated rings. The van der Waals surface area contributed by atoms with E-state index in [9.17, 15) is 4.79 Å². The summed E-state index contributed by atoms with van der Waals surface area (Å²) >= 11 is 1.59. The molecule has 0 aliphatic rings. The number of hydrogen-bond acceptors (Lipinski definition) is 4. The average molecular weight is 351 g/mol. The Morgan fingerprint density at radius 3 is 2.67 bits per heavy atom. The maximum absolute atomic E-state index is 11.9. The molecule has 0 saturated carbocycles. The highest BCUT2D eigenvalue weighted by Crippen LogP contribution is 2.22. The van der Waals surface area contributed by atoms with Crippen LogP contribution >= 0.6 is 36.2 Å². The van der Waals surface area contributed by atoms with Gasteiger partial charge in [-0.1, -0.05) is 0 Å². The highest BCUT2D eigenvalue weighted by Gasteiger charge is 2.15. The molecule has 1 amide bonds. The number of amides is 1. The van der Waals surface area contributed by atoms with Gasteiger partial charge in [0.2, 0.25) is 0 Å². The molecule has 0 unspecified atom stereocenters. The van der Waals surface area contributed by atoms with Crippen LogP contribution in [0.5, 0.6) is 0 Å². The third-order valence-corrected chi connectivity index (χ3v) is 3.32. The minimum Gasteiger partial charge on any atom is -0.357 e. The molecule has 0 aliphatic carbocycles. The number of carbonyl (C=O) groups is 1. The van der Waals surface area contributed by atoms with E-state index in [0.717, 1.165) is 16.3 Å². The first-order valence-corrected chi connectivity index (χ1v) is 6.91. The number of rotatable bonds is 4. The standard InChI is InChI=1S/C13H18N4OS.2ClH/c1-8-17-11(6-19-8)9-4-10(15-5-9)12(18)16-7-13(2,3)14;;/h4-6,15H,7,14H2,1-3H3,(H,16,18);2*1H. The number of aromatic nitrogens is 2. The van der Waals surface area contributed by atoms with Gasteiger partial charge in [-0.15, -0.1) is 36.2 Å². The van der Waals surface area contributed by atoms with Gasteiger partial charge >= 0.3 is 0 Å². The number of hydrogen-bond donors (Lipinski definition) is 3. The largest absolute Gasteiger partial charge is 0.357 e. The van der Waals surface area contributed by atoms with Crippen LogP contribution in [0.2, 0.25) is 0 Å². The van der Waals surface area contributed by atoms with Crippen molar-refractivity contribution in [1.29, 1.82) is 0 Å². The van der Waals surface area contributed by atoms with Gasteiger partial charge in [-0.05, 0) is 26.8 Å². The maximum atomic E-state index is 11.9. The van der Waals surface area contributed by atoms with E-state index in [1.54, 1.807) is 23.6 Å². The molecule has 2 aromatic heterocycles. The fourth-order valence-electron chi connectivity index (χ4n) is 1.57. The van der Waals surface area contributed by atoms with Gasteiger partial charge in [0.05, 0.1) is 10.7 Å². The predicted octanol–water partition coefficient (Wildman–Crippen LogP) is 2.76. The summed E-state index contributed by atoms with van der Waals surface area (Å²) in [6, 6.07) is 1.80. The number of halogens is 2. The quantitative estimate of drug-likeness (QED) is 0.792. The van der Waals surface area contributed by atoms with E-state index in [1.165, 1.54) is 0 Å². The summed E-state index contributed by atoms with van der Waals surface area (Å²) in [6.45, 7) is 6.12. The second-order valence-corrected chi connectivity index (χ2v) is 6.29. The van der Waals surface area contributed by atoms with Crippen molar-refractivity contribution in [2.75, 3.05) is 6.54 Å². The average Bonchev–Trinajstić information content (AvgIpc) is 2.93. The van der Waals surface area contributed by atoms with Crippen LogP contribution in [0, 0.1) is 6.92 Å². The fourth-order valence-corrected chi connectivity index (χ4v) is 2.19. The van der Waals surface area contributed by atoms with Gasteiger partial charge in [0.1, 0.15) is 5.69 Å². The monoisotopic (exact) mass is 350 g/mol. The molecule has 0 radical (unpaired) electrons. The normalized spacial score (nSPS) is 10.5. The molecule has 0 aliphatic heterocycles. The minimum atomic E-state index is -0.420. The molecule has 4 N–H and O–H groups in total. The Morgan fingerprint density at radius 2 is 2.14 bits per heavy atom. The van der Waals surface area contributed by atoms with Crippen molar-refractivity contribution < 1.29 is 4.79 Å². The fraction of sp³-hybridized carbons (Fsp3) is 0.385. The van der Waals surface area contributed by atoms with Crippen LogP contribution in [0.15, 0.2) is 17.6 Å². The van der Waals surface area contributed by atoms with Crippen LogP contribution in [0.3, 0.4) is 0 Å². The summed E-state index contributed by atoms with van der Waals surface area (Å²) in [5, 5.41) is 5.78. The number of nitrogens with one attached hydrogen (secondary N) is 2. The van der Waals surface area contributed by atoms with Crippen LogP contribution in [-0.2, 0) is 0 Å². The van der Waals surface area contributed by atoms with Crippen molar-refractivity contribution in [2.45, 2.75) is 26.3 Å². The topological polar surface area (TPSA) is 83.8 Å². The molecule has 0 saturated heterocycles. The second-order valence-electron chi connectivity index (χ2n) is 5.23. The molecular formula is C13H20Cl2N4OS. The Balaban J connectivity index is 0.00000200. The SMILES string of the molecule is Cc1nc(-c2c[nH]c(C(=O)NCC(C)(C)N)c2)cs1.Cl.Cl. The lowest BCUT2D eigenvalue weighted by Gasteiger charge is -2.18.